The molecule has 4 aliphatic heterocycles. The van der Waals surface area contributed by atoms with E-state index in [1.807, 2.05) is 19.1 Å². The van der Waals surface area contributed by atoms with E-state index >= 15 is 8.78 Å². The maximum atomic E-state index is 16.0. The zero-order valence-electron chi connectivity index (χ0n) is 26.6. The molecule has 8 bridgehead atoms. The summed E-state index contributed by atoms with van der Waals surface area (Å²) < 4.78 is 58.0. The molecule has 2 fully saturated rings. The van der Waals surface area contributed by atoms with Crippen molar-refractivity contribution in [1.29, 1.82) is 0 Å². The minimum Gasteiger partial charge on any atom is -0.388 e. The minimum absolute atomic E-state index is 0.0107. The Morgan fingerprint density at radius 1 is 1.00 bits per heavy atom. The Balaban J connectivity index is 1.40. The van der Waals surface area contributed by atoms with Crippen molar-refractivity contribution in [3.8, 4) is 0 Å². The number of aromatic nitrogens is 3. The highest BCUT2D eigenvalue weighted by Crippen LogP contribution is 2.42. The normalized spacial score (nSPS) is 27.4. The molecule has 0 amide bonds. The van der Waals surface area contributed by atoms with Gasteiger partial charge in [0.1, 0.15) is 27.6 Å². The van der Waals surface area contributed by atoms with Crippen LogP contribution in [0.5, 0.6) is 0 Å². The van der Waals surface area contributed by atoms with Gasteiger partial charge in [0.05, 0.1) is 16.9 Å². The third-order valence-corrected chi connectivity index (χ3v) is 12.0. The molecule has 2 atom stereocenters. The van der Waals surface area contributed by atoms with Crippen molar-refractivity contribution < 1.29 is 17.2 Å². The molecule has 2 saturated heterocycles. The third-order valence-electron chi connectivity index (χ3n) is 10.3. The molecule has 0 aliphatic carbocycles. The zero-order valence-corrected chi connectivity index (χ0v) is 27.5. The van der Waals surface area contributed by atoms with E-state index in [1.54, 1.807) is 16.7 Å². The summed E-state index contributed by atoms with van der Waals surface area (Å²) in [4.78, 5) is 25.2. The lowest BCUT2D eigenvalue weighted by molar-refractivity contribution is -0.0872. The van der Waals surface area contributed by atoms with Crippen molar-refractivity contribution in [1.82, 2.24) is 24.8 Å². The average Bonchev–Trinajstić information content (AvgIpc) is 3.05. The number of benzene rings is 1. The molecular formula is C34H44F2N6O3S. The maximum Gasteiger partial charge on any atom is 0.276 e. The molecule has 9 nitrogen and oxygen atoms in total. The lowest BCUT2D eigenvalue weighted by Gasteiger charge is -2.39. The Morgan fingerprint density at radius 2 is 1.74 bits per heavy atom. The van der Waals surface area contributed by atoms with Crippen LogP contribution in [0.4, 0.5) is 14.6 Å². The van der Waals surface area contributed by atoms with Crippen molar-refractivity contribution in [2.45, 2.75) is 82.8 Å². The lowest BCUT2D eigenvalue weighted by atomic mass is 9.85. The highest BCUT2D eigenvalue weighted by Gasteiger charge is 2.43. The van der Waals surface area contributed by atoms with E-state index < -0.39 is 21.7 Å². The van der Waals surface area contributed by atoms with Crippen LogP contribution in [0.1, 0.15) is 81.0 Å². The number of nitrogens with one attached hydrogen (secondary N) is 2. The maximum absolute atomic E-state index is 16.0. The van der Waals surface area contributed by atoms with Gasteiger partial charge in [-0.05, 0) is 89.1 Å². The summed E-state index contributed by atoms with van der Waals surface area (Å²) in [6.07, 6.45) is 4.49. The van der Waals surface area contributed by atoms with Crippen LogP contribution in [-0.2, 0) is 22.3 Å². The SMILES string of the molecule is C=C1NCCCCn2c(=O)c(C3CCS(=O)(=O)CC3)cc3c(ncnc32)N[C@H](C)c2cccc(c2)C(F)(F)C2CCN(CC2)[C@H]1C. The second kappa shape index (κ2) is 13.0. The highest BCUT2D eigenvalue weighted by atomic mass is 32.2. The van der Waals surface area contributed by atoms with Gasteiger partial charge in [-0.2, -0.15) is 0 Å². The van der Waals surface area contributed by atoms with Crippen molar-refractivity contribution >= 4 is 26.7 Å². The number of aryl methyl sites for hydroxylation is 1. The molecule has 0 saturated carbocycles. The Bertz CT molecular complexity index is 1760. The second-order valence-corrected chi connectivity index (χ2v) is 15.5. The number of rotatable bonds is 1. The van der Waals surface area contributed by atoms with E-state index in [-0.39, 0.29) is 40.6 Å². The molecule has 248 valence electrons. The van der Waals surface area contributed by atoms with E-state index in [0.29, 0.717) is 86.3 Å². The van der Waals surface area contributed by atoms with Crippen LogP contribution in [0.3, 0.4) is 0 Å². The van der Waals surface area contributed by atoms with Crippen molar-refractivity contribution in [2.75, 3.05) is 36.5 Å². The van der Waals surface area contributed by atoms with Gasteiger partial charge in [0, 0.05) is 47.9 Å². The second-order valence-electron chi connectivity index (χ2n) is 13.2. The molecule has 2 N–H and O–H groups in total. The molecule has 12 heteroatoms. The van der Waals surface area contributed by atoms with Gasteiger partial charge in [-0.15, -0.1) is 0 Å². The molecule has 46 heavy (non-hydrogen) atoms. The summed E-state index contributed by atoms with van der Waals surface area (Å²) in [5.41, 5.74) is 2.48. The van der Waals surface area contributed by atoms with Gasteiger partial charge in [-0.25, -0.2) is 27.2 Å². The molecule has 0 unspecified atom stereocenters. The Labute approximate surface area is 269 Å². The molecule has 0 radical (unpaired) electrons. The number of alkyl halides is 2. The van der Waals surface area contributed by atoms with Gasteiger partial charge >= 0.3 is 0 Å². The fourth-order valence-electron chi connectivity index (χ4n) is 7.22. The van der Waals surface area contributed by atoms with Gasteiger partial charge in [0.15, 0.2) is 0 Å². The largest absolute Gasteiger partial charge is 0.388 e. The summed E-state index contributed by atoms with van der Waals surface area (Å²) in [6, 6.07) is 8.08. The summed E-state index contributed by atoms with van der Waals surface area (Å²) in [6.45, 7) is 10.5. The number of fused-ring (bicyclic) bond motifs is 9. The number of anilines is 1. The number of nitrogens with zero attached hydrogens (tertiary/aromatic N) is 4. The Hall–Kier alpha value is -3.38. The molecule has 4 aliphatic rings. The van der Waals surface area contributed by atoms with Crippen LogP contribution < -0.4 is 16.2 Å². The Kier molecular flexibility index (Phi) is 9.22. The van der Waals surface area contributed by atoms with Crippen LogP contribution >= 0.6 is 0 Å². The van der Waals surface area contributed by atoms with Gasteiger partial charge in [0.2, 0.25) is 0 Å². The van der Waals surface area contributed by atoms with Gasteiger partial charge in [-0.1, -0.05) is 24.8 Å². The molecule has 2 aromatic heterocycles. The van der Waals surface area contributed by atoms with E-state index in [0.717, 1.165) is 12.1 Å². The molecule has 0 spiro atoms. The first-order chi connectivity index (χ1) is 21.9. The third kappa shape index (κ3) is 6.56. The minimum atomic E-state index is -3.11. The Morgan fingerprint density at radius 3 is 2.48 bits per heavy atom. The van der Waals surface area contributed by atoms with E-state index in [9.17, 15) is 13.2 Å². The summed E-state index contributed by atoms with van der Waals surface area (Å²) in [5.74, 6) is -3.31. The van der Waals surface area contributed by atoms with E-state index in [4.69, 9.17) is 0 Å². The summed E-state index contributed by atoms with van der Waals surface area (Å²) in [7, 11) is -3.11. The smallest absolute Gasteiger partial charge is 0.276 e. The van der Waals surface area contributed by atoms with Crippen LogP contribution in [0.25, 0.3) is 11.0 Å². The highest BCUT2D eigenvalue weighted by molar-refractivity contribution is 7.91. The predicted molar refractivity (Wildman–Crippen MR) is 177 cm³/mol. The first-order valence-electron chi connectivity index (χ1n) is 16.4. The van der Waals surface area contributed by atoms with Crippen LogP contribution in [0, 0.1) is 5.92 Å². The fraction of sp³-hybridized carbons (Fsp3) is 0.559. The topological polar surface area (TPSA) is 109 Å². The van der Waals surface area contributed by atoms with Crippen molar-refractivity contribution in [3.05, 3.63) is 76.0 Å². The zero-order chi connectivity index (χ0) is 32.6. The van der Waals surface area contributed by atoms with E-state index in [2.05, 4.69) is 39.0 Å². The number of sulfone groups is 1. The van der Waals surface area contributed by atoms with Crippen LogP contribution in [0.2, 0.25) is 0 Å². The van der Waals surface area contributed by atoms with Gasteiger partial charge in [-0.3, -0.25) is 14.3 Å². The molecule has 3 aromatic rings. The molecule has 7 rings (SSSR count). The fourth-order valence-corrected chi connectivity index (χ4v) is 8.71. The molecule has 6 heterocycles. The lowest BCUT2D eigenvalue weighted by Crippen LogP contribution is -2.45. The molecular weight excluding hydrogens is 610 g/mol. The molecule has 1 aromatic carbocycles. The first kappa shape index (κ1) is 32.6. The van der Waals surface area contributed by atoms with Crippen LogP contribution in [0.15, 0.2) is 53.7 Å². The standard InChI is InChI=1S/C34H44F2N6O3S/c1-22-24(3)41-15-9-27(10-16-41)34(35,36)28-8-6-7-26(19-28)23(2)40-31-30-20-29(25-11-17-46(44,45)18-12-25)33(43)42(14-5-4-13-37-22)32(30)39-21-38-31/h6-8,19-21,23-25,27,37H,1,4-5,9-18H2,2-3H3,(H,38,39,40)/t23-,24+/m1/s1. The average molecular weight is 655 g/mol. The summed E-state index contributed by atoms with van der Waals surface area (Å²) >= 11 is 0. The predicted octanol–water partition coefficient (Wildman–Crippen LogP) is 5.35. The monoisotopic (exact) mass is 654 g/mol. The van der Waals surface area contributed by atoms with Crippen LogP contribution in [-0.4, -0.2) is 65.0 Å². The van der Waals surface area contributed by atoms with Gasteiger partial charge in [0.25, 0.3) is 11.5 Å². The number of pyridine rings is 1. The number of hydrogen-bond acceptors (Lipinski definition) is 8. The van der Waals surface area contributed by atoms with Crippen molar-refractivity contribution in [2.24, 2.45) is 5.92 Å². The summed E-state index contributed by atoms with van der Waals surface area (Å²) in [5, 5.41) is 7.49. The quantitative estimate of drug-likeness (QED) is 0.362. The van der Waals surface area contributed by atoms with Gasteiger partial charge < -0.3 is 10.6 Å². The number of piperidine rings is 1. The first-order valence-corrected chi connectivity index (χ1v) is 18.3. The van der Waals surface area contributed by atoms with Crippen molar-refractivity contribution in [3.63, 3.8) is 0 Å². The number of hydrogen-bond donors (Lipinski definition) is 2. The number of halogens is 2. The van der Waals surface area contributed by atoms with E-state index in [1.165, 1.54) is 12.4 Å².